The van der Waals surface area contributed by atoms with Crippen molar-refractivity contribution in [3.8, 4) is 0 Å². The Morgan fingerprint density at radius 2 is 2.05 bits per heavy atom. The summed E-state index contributed by atoms with van der Waals surface area (Å²) in [6.45, 7) is 6.88. The van der Waals surface area contributed by atoms with Crippen LogP contribution in [0.1, 0.15) is 43.8 Å². The fourth-order valence-corrected chi connectivity index (χ4v) is 2.48. The Morgan fingerprint density at radius 1 is 1.24 bits per heavy atom. The van der Waals surface area contributed by atoms with Crippen LogP contribution in [0.15, 0.2) is 39.6 Å². The molecule has 0 spiro atoms. The van der Waals surface area contributed by atoms with Gasteiger partial charge in [0.25, 0.3) is 0 Å². The van der Waals surface area contributed by atoms with E-state index in [0.29, 0.717) is 12.1 Å². The van der Waals surface area contributed by atoms with E-state index in [0.717, 1.165) is 31.2 Å². The number of nitrogens with zero attached hydrogens (tertiary/aromatic N) is 1. The van der Waals surface area contributed by atoms with Crippen LogP contribution in [0.3, 0.4) is 0 Å². The Kier molecular flexibility index (Phi) is 4.46. The van der Waals surface area contributed by atoms with Gasteiger partial charge in [0.1, 0.15) is 11.5 Å². The molecular formula is C17H24N2O2. The van der Waals surface area contributed by atoms with E-state index in [2.05, 4.69) is 30.1 Å². The third-order valence-corrected chi connectivity index (χ3v) is 3.78. The SMILES string of the molecule is CC(C)NCc1coc(CN(Cc2ccco2)C2CC2)c1. The van der Waals surface area contributed by atoms with Crippen LogP contribution >= 0.6 is 0 Å². The summed E-state index contributed by atoms with van der Waals surface area (Å²) < 4.78 is 11.2. The average molecular weight is 288 g/mol. The molecule has 114 valence electrons. The van der Waals surface area contributed by atoms with Crippen molar-refractivity contribution >= 4 is 0 Å². The molecule has 0 atom stereocenters. The highest BCUT2D eigenvalue weighted by Gasteiger charge is 2.30. The molecule has 0 aromatic carbocycles. The molecule has 3 rings (SSSR count). The van der Waals surface area contributed by atoms with Crippen LogP contribution in [0.2, 0.25) is 0 Å². The van der Waals surface area contributed by atoms with Crippen molar-refractivity contribution < 1.29 is 8.83 Å². The van der Waals surface area contributed by atoms with E-state index in [9.17, 15) is 0 Å². The van der Waals surface area contributed by atoms with Gasteiger partial charge in [0.15, 0.2) is 0 Å². The highest BCUT2D eigenvalue weighted by Crippen LogP contribution is 2.30. The van der Waals surface area contributed by atoms with Gasteiger partial charge in [0, 0.05) is 24.2 Å². The topological polar surface area (TPSA) is 41.6 Å². The molecule has 0 aliphatic heterocycles. The lowest BCUT2D eigenvalue weighted by Crippen LogP contribution is -2.24. The molecule has 1 saturated carbocycles. The van der Waals surface area contributed by atoms with Crippen molar-refractivity contribution in [2.24, 2.45) is 0 Å². The Labute approximate surface area is 126 Å². The predicted octanol–water partition coefficient (Wildman–Crippen LogP) is 3.54. The standard InChI is InChI=1S/C17H24N2O2/c1-13(2)18-9-14-8-17(21-12-14)11-19(15-5-6-15)10-16-4-3-7-20-16/h3-4,7-8,12-13,15,18H,5-6,9-11H2,1-2H3. The zero-order valence-corrected chi connectivity index (χ0v) is 12.8. The summed E-state index contributed by atoms with van der Waals surface area (Å²) in [5.41, 5.74) is 1.22. The summed E-state index contributed by atoms with van der Waals surface area (Å²) in [7, 11) is 0. The first-order valence-electron chi connectivity index (χ1n) is 7.77. The summed E-state index contributed by atoms with van der Waals surface area (Å²) in [5.74, 6) is 2.06. The maximum atomic E-state index is 5.71. The third kappa shape index (κ3) is 4.22. The molecule has 0 amide bonds. The number of hydrogen-bond acceptors (Lipinski definition) is 4. The molecule has 4 heteroatoms. The van der Waals surface area contributed by atoms with E-state index in [4.69, 9.17) is 8.83 Å². The lowest BCUT2D eigenvalue weighted by Gasteiger charge is -2.19. The highest BCUT2D eigenvalue weighted by atomic mass is 16.3. The van der Waals surface area contributed by atoms with Crippen LogP contribution in [0.5, 0.6) is 0 Å². The van der Waals surface area contributed by atoms with E-state index in [1.165, 1.54) is 18.4 Å². The highest BCUT2D eigenvalue weighted by molar-refractivity contribution is 5.13. The predicted molar refractivity (Wildman–Crippen MR) is 81.7 cm³/mol. The average Bonchev–Trinajstić information content (AvgIpc) is 2.99. The first kappa shape index (κ1) is 14.4. The molecule has 1 aliphatic rings. The first-order valence-corrected chi connectivity index (χ1v) is 7.77. The fourth-order valence-electron chi connectivity index (χ4n) is 2.48. The van der Waals surface area contributed by atoms with Gasteiger partial charge in [0.2, 0.25) is 0 Å². The van der Waals surface area contributed by atoms with E-state index < -0.39 is 0 Å². The van der Waals surface area contributed by atoms with Crippen LogP contribution < -0.4 is 5.32 Å². The van der Waals surface area contributed by atoms with Crippen molar-refractivity contribution in [3.05, 3.63) is 47.8 Å². The zero-order chi connectivity index (χ0) is 14.7. The Hall–Kier alpha value is -1.52. The van der Waals surface area contributed by atoms with Crippen LogP contribution in [-0.4, -0.2) is 17.0 Å². The van der Waals surface area contributed by atoms with E-state index >= 15 is 0 Å². The van der Waals surface area contributed by atoms with E-state index in [1.807, 2.05) is 18.4 Å². The van der Waals surface area contributed by atoms with Gasteiger partial charge in [-0.15, -0.1) is 0 Å². The maximum absolute atomic E-state index is 5.71. The number of rotatable bonds is 8. The van der Waals surface area contributed by atoms with Gasteiger partial charge in [-0.2, -0.15) is 0 Å². The summed E-state index contributed by atoms with van der Waals surface area (Å²) in [5, 5.41) is 3.41. The molecule has 0 unspecified atom stereocenters. The van der Waals surface area contributed by atoms with Gasteiger partial charge >= 0.3 is 0 Å². The second kappa shape index (κ2) is 6.50. The Bertz CT molecular complexity index is 541. The minimum absolute atomic E-state index is 0.491. The van der Waals surface area contributed by atoms with Crippen LogP contribution in [0, 0.1) is 0 Å². The second-order valence-corrected chi connectivity index (χ2v) is 6.17. The van der Waals surface area contributed by atoms with Crippen LogP contribution in [-0.2, 0) is 19.6 Å². The molecule has 2 aromatic rings. The molecule has 4 nitrogen and oxygen atoms in total. The van der Waals surface area contributed by atoms with Gasteiger partial charge in [-0.1, -0.05) is 13.8 Å². The van der Waals surface area contributed by atoms with Crippen LogP contribution in [0.4, 0.5) is 0 Å². The van der Waals surface area contributed by atoms with Gasteiger partial charge in [-0.25, -0.2) is 0 Å². The molecule has 0 saturated heterocycles. The lowest BCUT2D eigenvalue weighted by molar-refractivity contribution is 0.208. The fraction of sp³-hybridized carbons (Fsp3) is 0.529. The van der Waals surface area contributed by atoms with Gasteiger partial charge in [-0.05, 0) is 31.0 Å². The molecule has 1 aliphatic carbocycles. The summed E-state index contributed by atoms with van der Waals surface area (Å²) in [6, 6.07) is 7.31. The summed E-state index contributed by atoms with van der Waals surface area (Å²) >= 11 is 0. The second-order valence-electron chi connectivity index (χ2n) is 6.17. The van der Waals surface area contributed by atoms with Crippen molar-refractivity contribution in [3.63, 3.8) is 0 Å². The molecule has 2 aromatic heterocycles. The number of hydrogen-bond donors (Lipinski definition) is 1. The largest absolute Gasteiger partial charge is 0.468 e. The van der Waals surface area contributed by atoms with Crippen molar-refractivity contribution in [1.82, 2.24) is 10.2 Å². The molecule has 1 N–H and O–H groups in total. The minimum Gasteiger partial charge on any atom is -0.468 e. The lowest BCUT2D eigenvalue weighted by atomic mass is 10.2. The molecule has 21 heavy (non-hydrogen) atoms. The van der Waals surface area contributed by atoms with E-state index in [1.54, 1.807) is 6.26 Å². The molecule has 0 radical (unpaired) electrons. The molecule has 0 bridgehead atoms. The summed E-state index contributed by atoms with van der Waals surface area (Å²) in [4.78, 5) is 2.44. The van der Waals surface area contributed by atoms with Crippen molar-refractivity contribution in [2.45, 2.75) is 58.4 Å². The van der Waals surface area contributed by atoms with Gasteiger partial charge < -0.3 is 14.2 Å². The quantitative estimate of drug-likeness (QED) is 0.806. The zero-order valence-electron chi connectivity index (χ0n) is 12.8. The Morgan fingerprint density at radius 3 is 2.71 bits per heavy atom. The third-order valence-electron chi connectivity index (χ3n) is 3.78. The smallest absolute Gasteiger partial charge is 0.118 e. The van der Waals surface area contributed by atoms with Gasteiger partial charge in [0.05, 0.1) is 25.6 Å². The van der Waals surface area contributed by atoms with E-state index in [-0.39, 0.29) is 0 Å². The molecular weight excluding hydrogens is 264 g/mol. The monoisotopic (exact) mass is 288 g/mol. The number of nitrogens with one attached hydrogen (secondary N) is 1. The summed E-state index contributed by atoms with van der Waals surface area (Å²) in [6.07, 6.45) is 6.16. The maximum Gasteiger partial charge on any atom is 0.118 e. The van der Waals surface area contributed by atoms with Crippen molar-refractivity contribution in [2.75, 3.05) is 0 Å². The molecule has 1 fully saturated rings. The molecule has 2 heterocycles. The normalized spacial score (nSPS) is 15.2. The minimum atomic E-state index is 0.491. The number of furan rings is 2. The first-order chi connectivity index (χ1) is 10.2. The van der Waals surface area contributed by atoms with Gasteiger partial charge in [-0.3, -0.25) is 4.90 Å². The van der Waals surface area contributed by atoms with Crippen molar-refractivity contribution in [1.29, 1.82) is 0 Å². The van der Waals surface area contributed by atoms with Crippen LogP contribution in [0.25, 0.3) is 0 Å². The Balaban J connectivity index is 1.58.